The van der Waals surface area contributed by atoms with Crippen LogP contribution in [0.1, 0.15) is 25.8 Å². The summed E-state index contributed by atoms with van der Waals surface area (Å²) in [4.78, 5) is 12.6. The molecular formula is C21H22ClN3O2. The lowest BCUT2D eigenvalue weighted by Gasteiger charge is -2.24. The number of nitrogens with one attached hydrogen (secondary N) is 2. The average molecular weight is 384 g/mol. The highest BCUT2D eigenvalue weighted by atomic mass is 35.5. The number of H-pyrrole nitrogens is 1. The van der Waals surface area contributed by atoms with Crippen LogP contribution < -0.4 is 10.1 Å². The van der Waals surface area contributed by atoms with Gasteiger partial charge in [-0.25, -0.2) is 0 Å². The molecule has 2 N–H and O–H groups in total. The summed E-state index contributed by atoms with van der Waals surface area (Å²) in [6, 6.07) is 13.2. The summed E-state index contributed by atoms with van der Waals surface area (Å²) in [6.45, 7) is 4.08. The summed E-state index contributed by atoms with van der Waals surface area (Å²) < 4.78 is 5.47. The molecule has 1 amide bonds. The molecular weight excluding hydrogens is 362 g/mol. The van der Waals surface area contributed by atoms with Crippen molar-refractivity contribution >= 4 is 23.2 Å². The lowest BCUT2D eigenvalue weighted by molar-refractivity contribution is -0.117. The minimum Gasteiger partial charge on any atom is -0.496 e. The van der Waals surface area contributed by atoms with Gasteiger partial charge in [0.1, 0.15) is 5.75 Å². The van der Waals surface area contributed by atoms with E-state index in [9.17, 15) is 4.79 Å². The largest absolute Gasteiger partial charge is 0.496 e. The molecule has 6 heteroatoms. The van der Waals surface area contributed by atoms with Crippen molar-refractivity contribution in [1.29, 1.82) is 0 Å². The number of benzene rings is 2. The number of ether oxygens (including phenoxy) is 1. The zero-order chi connectivity index (χ0) is 19.4. The molecule has 0 saturated carbocycles. The summed E-state index contributed by atoms with van der Waals surface area (Å²) in [5.41, 5.74) is 3.28. The highest BCUT2D eigenvalue weighted by Gasteiger charge is 2.24. The minimum atomic E-state index is -0.310. The molecule has 2 aromatic carbocycles. The zero-order valence-electron chi connectivity index (χ0n) is 15.5. The third-order valence-corrected chi connectivity index (χ3v) is 4.77. The Morgan fingerprint density at radius 1 is 1.22 bits per heavy atom. The predicted octanol–water partition coefficient (Wildman–Crippen LogP) is 5.05. The van der Waals surface area contributed by atoms with Crippen LogP contribution in [0.2, 0.25) is 5.02 Å². The van der Waals surface area contributed by atoms with Gasteiger partial charge in [0.05, 0.1) is 13.3 Å². The quantitative estimate of drug-likeness (QED) is 0.626. The molecule has 27 heavy (non-hydrogen) atoms. The molecule has 1 heterocycles. The fourth-order valence-corrected chi connectivity index (χ4v) is 3.14. The van der Waals surface area contributed by atoms with E-state index in [4.69, 9.17) is 16.3 Å². The van der Waals surface area contributed by atoms with E-state index in [1.165, 1.54) is 0 Å². The smallest absolute Gasteiger partial charge is 0.225 e. The molecule has 0 spiro atoms. The second-order valence-electron chi connectivity index (χ2n) is 7.02. The molecule has 3 rings (SSSR count). The number of hydrogen-bond donors (Lipinski definition) is 2. The van der Waals surface area contributed by atoms with Crippen LogP contribution in [0.5, 0.6) is 5.75 Å². The first kappa shape index (κ1) is 19.0. The number of methoxy groups -OCH3 is 1. The fraction of sp³-hybridized carbons (Fsp3) is 0.238. The number of carbonyl (C=O) groups excluding carboxylic acids is 1. The second kappa shape index (κ2) is 7.84. The van der Waals surface area contributed by atoms with Gasteiger partial charge in [0.15, 0.2) is 0 Å². The molecule has 140 valence electrons. The van der Waals surface area contributed by atoms with Gasteiger partial charge in [-0.3, -0.25) is 9.89 Å². The van der Waals surface area contributed by atoms with Crippen molar-refractivity contribution in [3.8, 4) is 16.9 Å². The van der Waals surface area contributed by atoms with Gasteiger partial charge in [-0.15, -0.1) is 0 Å². The van der Waals surface area contributed by atoms with Crippen LogP contribution in [0.15, 0.2) is 54.9 Å². The zero-order valence-corrected chi connectivity index (χ0v) is 16.3. The predicted molar refractivity (Wildman–Crippen MR) is 108 cm³/mol. The van der Waals surface area contributed by atoms with Gasteiger partial charge in [-0.1, -0.05) is 37.6 Å². The molecule has 0 atom stereocenters. The van der Waals surface area contributed by atoms with Crippen molar-refractivity contribution < 1.29 is 9.53 Å². The highest BCUT2D eigenvalue weighted by Crippen LogP contribution is 2.33. The van der Waals surface area contributed by atoms with Crippen molar-refractivity contribution in [2.24, 2.45) is 0 Å². The van der Waals surface area contributed by atoms with E-state index in [1.807, 2.05) is 56.3 Å². The van der Waals surface area contributed by atoms with Crippen LogP contribution >= 0.6 is 11.6 Å². The molecule has 0 radical (unpaired) electrons. The van der Waals surface area contributed by atoms with Gasteiger partial charge in [-0.2, -0.15) is 5.10 Å². The van der Waals surface area contributed by atoms with E-state index in [0.717, 1.165) is 16.7 Å². The Labute approximate surface area is 163 Å². The van der Waals surface area contributed by atoms with Gasteiger partial charge in [0.25, 0.3) is 0 Å². The monoisotopic (exact) mass is 383 g/mol. The Hall–Kier alpha value is -2.79. The van der Waals surface area contributed by atoms with E-state index in [1.54, 1.807) is 19.5 Å². The van der Waals surface area contributed by atoms with Crippen LogP contribution in [-0.4, -0.2) is 23.2 Å². The number of amides is 1. The molecule has 0 aliphatic rings. The van der Waals surface area contributed by atoms with Gasteiger partial charge in [-0.05, 0) is 35.2 Å². The Morgan fingerprint density at radius 2 is 1.96 bits per heavy atom. The lowest BCUT2D eigenvalue weighted by atomic mass is 9.81. The topological polar surface area (TPSA) is 67.0 Å². The van der Waals surface area contributed by atoms with Crippen molar-refractivity contribution in [2.45, 2.75) is 25.7 Å². The van der Waals surface area contributed by atoms with Gasteiger partial charge in [0.2, 0.25) is 5.91 Å². The van der Waals surface area contributed by atoms with Gasteiger partial charge >= 0.3 is 0 Å². The third-order valence-electron chi connectivity index (χ3n) is 4.52. The highest BCUT2D eigenvalue weighted by molar-refractivity contribution is 6.30. The standard InChI is InChI=1S/C21H22ClN3O2/c1-21(2,15-4-6-16(22)7-5-15)11-20(26)25-17-8-9-18(19(10-17)27-3)14-12-23-24-13-14/h4-10,12-13H,11H2,1-3H3,(H,23,24)(H,25,26). The normalized spacial score (nSPS) is 11.3. The Kier molecular flexibility index (Phi) is 5.51. The number of aromatic amines is 1. The molecule has 0 fully saturated rings. The van der Waals surface area contributed by atoms with Crippen LogP contribution in [-0.2, 0) is 10.2 Å². The van der Waals surface area contributed by atoms with Crippen LogP contribution in [0.4, 0.5) is 5.69 Å². The van der Waals surface area contributed by atoms with Gasteiger partial charge in [0, 0.05) is 40.5 Å². The van der Waals surface area contributed by atoms with Gasteiger partial charge < -0.3 is 10.1 Å². The number of carbonyl (C=O) groups is 1. The minimum absolute atomic E-state index is 0.0620. The van der Waals surface area contributed by atoms with E-state index < -0.39 is 0 Å². The van der Waals surface area contributed by atoms with E-state index in [0.29, 0.717) is 22.9 Å². The number of aromatic nitrogens is 2. The van der Waals surface area contributed by atoms with Crippen LogP contribution in [0, 0.1) is 0 Å². The molecule has 0 unspecified atom stereocenters. The van der Waals surface area contributed by atoms with E-state index in [2.05, 4.69) is 15.5 Å². The fourth-order valence-electron chi connectivity index (χ4n) is 3.02. The second-order valence-corrected chi connectivity index (χ2v) is 7.45. The first-order valence-electron chi connectivity index (χ1n) is 8.62. The Bertz CT molecular complexity index is 919. The maximum absolute atomic E-state index is 12.6. The van der Waals surface area contributed by atoms with Crippen LogP contribution in [0.25, 0.3) is 11.1 Å². The summed E-state index contributed by atoms with van der Waals surface area (Å²) in [5.74, 6) is 0.610. The first-order valence-corrected chi connectivity index (χ1v) is 9.00. The van der Waals surface area contributed by atoms with Crippen molar-refractivity contribution in [1.82, 2.24) is 10.2 Å². The number of anilines is 1. The summed E-state index contributed by atoms with van der Waals surface area (Å²) in [5, 5.41) is 10.4. The SMILES string of the molecule is COc1cc(NC(=O)CC(C)(C)c2ccc(Cl)cc2)ccc1-c1cn[nH]c1. The molecule has 0 bridgehead atoms. The Balaban J connectivity index is 1.73. The number of halogens is 1. The van der Waals surface area contributed by atoms with Crippen molar-refractivity contribution in [3.63, 3.8) is 0 Å². The maximum atomic E-state index is 12.6. The molecule has 1 aromatic heterocycles. The summed E-state index contributed by atoms with van der Waals surface area (Å²) >= 11 is 5.96. The van der Waals surface area contributed by atoms with E-state index in [-0.39, 0.29) is 11.3 Å². The van der Waals surface area contributed by atoms with Crippen LogP contribution in [0.3, 0.4) is 0 Å². The summed E-state index contributed by atoms with van der Waals surface area (Å²) in [6.07, 6.45) is 3.87. The molecule has 0 aliphatic carbocycles. The third kappa shape index (κ3) is 4.49. The average Bonchev–Trinajstić information content (AvgIpc) is 3.15. The number of hydrogen-bond acceptors (Lipinski definition) is 3. The maximum Gasteiger partial charge on any atom is 0.225 e. The van der Waals surface area contributed by atoms with Crippen molar-refractivity contribution in [3.05, 3.63) is 65.4 Å². The molecule has 5 nitrogen and oxygen atoms in total. The number of rotatable bonds is 6. The first-order chi connectivity index (χ1) is 12.9. The lowest BCUT2D eigenvalue weighted by Crippen LogP contribution is -2.25. The molecule has 3 aromatic rings. The molecule has 0 saturated heterocycles. The summed E-state index contributed by atoms with van der Waals surface area (Å²) in [7, 11) is 1.61. The Morgan fingerprint density at radius 3 is 2.59 bits per heavy atom. The molecule has 0 aliphatic heterocycles. The van der Waals surface area contributed by atoms with Crippen molar-refractivity contribution in [2.75, 3.05) is 12.4 Å². The van der Waals surface area contributed by atoms with E-state index >= 15 is 0 Å². The number of nitrogens with zero attached hydrogens (tertiary/aromatic N) is 1.